The van der Waals surface area contributed by atoms with Crippen LogP contribution in [0.15, 0.2) is 79.8 Å². The second-order valence-corrected chi connectivity index (χ2v) is 20.4. The summed E-state index contributed by atoms with van der Waals surface area (Å²) in [4.78, 5) is 96.9. The van der Waals surface area contributed by atoms with Crippen LogP contribution in [0.2, 0.25) is 0 Å². The lowest BCUT2D eigenvalue weighted by Gasteiger charge is -2.23. The van der Waals surface area contributed by atoms with Gasteiger partial charge in [0.15, 0.2) is 11.3 Å². The molecule has 3 aliphatic heterocycles. The van der Waals surface area contributed by atoms with Gasteiger partial charge in [0.25, 0.3) is 11.1 Å². The molecule has 4 aromatic heterocycles. The van der Waals surface area contributed by atoms with Crippen molar-refractivity contribution < 1.29 is 47.9 Å². The lowest BCUT2D eigenvalue weighted by molar-refractivity contribution is -0.184. The Hall–Kier alpha value is -6.57. The minimum Gasteiger partial charge on any atom is -0.456 e. The van der Waals surface area contributed by atoms with Crippen molar-refractivity contribution in [2.45, 2.75) is 142 Å². The van der Waals surface area contributed by atoms with Crippen molar-refractivity contribution >= 4 is 73.2 Å². The number of fused-ring (bicyclic) bond motifs is 2. The number of ether oxygens (including phenoxy) is 6. The molecule has 7 heterocycles. The number of esters is 3. The fraction of sp³-hybridized carbons (Fsp3) is 0.500. The molecule has 2 aromatic carbocycles. The summed E-state index contributed by atoms with van der Waals surface area (Å²) < 4.78 is 37.4. The van der Waals surface area contributed by atoms with E-state index >= 15 is 0 Å². The number of anilines is 2. The number of H-pyrrole nitrogens is 2. The summed E-state index contributed by atoms with van der Waals surface area (Å²) in [5, 5.41) is 9.96. The third-order valence-corrected chi connectivity index (χ3v) is 14.9. The van der Waals surface area contributed by atoms with Crippen molar-refractivity contribution in [3.8, 4) is 0 Å². The van der Waals surface area contributed by atoms with Gasteiger partial charge in [-0.1, -0.05) is 101 Å². The Kier molecular flexibility index (Phi) is 18.0. The molecule has 3 aliphatic rings. The molecule has 22 nitrogen and oxygen atoms in total. The van der Waals surface area contributed by atoms with E-state index in [2.05, 4.69) is 19.9 Å². The number of aromatic nitrogens is 6. The van der Waals surface area contributed by atoms with Gasteiger partial charge in [-0.2, -0.15) is 9.97 Å². The van der Waals surface area contributed by atoms with Crippen LogP contribution >= 0.6 is 22.7 Å². The van der Waals surface area contributed by atoms with E-state index in [1.54, 1.807) is 48.5 Å². The third kappa shape index (κ3) is 12.5. The van der Waals surface area contributed by atoms with Crippen LogP contribution < -0.4 is 32.3 Å². The first-order chi connectivity index (χ1) is 35.3. The fourth-order valence-corrected chi connectivity index (χ4v) is 10.9. The number of benzene rings is 2. The summed E-state index contributed by atoms with van der Waals surface area (Å²) in [6.45, 7) is 12.9. The van der Waals surface area contributed by atoms with Crippen molar-refractivity contribution in [1.82, 2.24) is 29.1 Å². The number of carbonyl (C=O) groups excluding carboxylic acids is 3. The summed E-state index contributed by atoms with van der Waals surface area (Å²) in [6, 6.07) is 17.6. The molecule has 3 fully saturated rings. The van der Waals surface area contributed by atoms with Gasteiger partial charge in [0.1, 0.15) is 34.1 Å². The first-order valence-electron chi connectivity index (χ1n) is 24.5. The van der Waals surface area contributed by atoms with Crippen LogP contribution in [-0.4, -0.2) is 95.0 Å². The highest BCUT2D eigenvalue weighted by atomic mass is 32.1. The highest BCUT2D eigenvalue weighted by Gasteiger charge is 2.42. The number of thiazole rings is 2. The summed E-state index contributed by atoms with van der Waals surface area (Å²) in [7, 11) is 0. The number of rotatable bonds is 13. The van der Waals surface area contributed by atoms with E-state index in [1.165, 1.54) is 16.1 Å². The smallest absolute Gasteiger partial charge is 0.338 e. The number of hydrogen-bond acceptors (Lipinski definition) is 20. The van der Waals surface area contributed by atoms with E-state index in [0.29, 0.717) is 49.7 Å². The molecule has 74 heavy (non-hydrogen) atoms. The molecule has 6 aromatic rings. The zero-order chi connectivity index (χ0) is 53.5. The van der Waals surface area contributed by atoms with Crippen LogP contribution in [0.4, 0.5) is 11.9 Å². The zero-order valence-corrected chi connectivity index (χ0v) is 43.6. The van der Waals surface area contributed by atoms with Gasteiger partial charge in [0.05, 0.1) is 35.5 Å². The maximum atomic E-state index is 12.6. The molecular formula is C50H62N8O14S2. The molecule has 0 aliphatic carbocycles. The molecule has 0 spiro atoms. The van der Waals surface area contributed by atoms with Gasteiger partial charge in [-0.25, -0.2) is 9.59 Å². The molecule has 12 atom stereocenters. The monoisotopic (exact) mass is 1060 g/mol. The molecule has 0 saturated carbocycles. The molecule has 1 unspecified atom stereocenters. The molecule has 3 saturated heterocycles. The molecule has 7 N–H and O–H groups in total. The van der Waals surface area contributed by atoms with Crippen molar-refractivity contribution in [3.05, 3.63) is 112 Å². The van der Waals surface area contributed by atoms with Crippen LogP contribution in [-0.2, 0) is 33.2 Å². The Morgan fingerprint density at radius 3 is 1.49 bits per heavy atom. The van der Waals surface area contributed by atoms with Gasteiger partial charge in [-0.15, -0.1) is 0 Å². The summed E-state index contributed by atoms with van der Waals surface area (Å²) in [6.07, 6.45) is -0.398. The SMILES string of the molecule is CC[C@H](O)[C@@H]1C[C@@H](C)[C@H](n2c(=O)sc3c(=O)[nH]c(N)nc32)O1.CC[C@H](OC(=O)c1ccccc1)[C@@H]1C[C@@H](C)C(OC(C)=O)O1.CC[C@H](OC(=O)c1ccccc1)[C@@H]1C[C@@H](C)[C@H](n2c(=O)sc3c(=O)[nH]c(N)nc32)O1. The number of aliphatic hydroxyl groups excluding tert-OH is 1. The van der Waals surface area contributed by atoms with Gasteiger partial charge >= 0.3 is 27.7 Å². The Morgan fingerprint density at radius 1 is 0.662 bits per heavy atom. The van der Waals surface area contributed by atoms with E-state index in [1.807, 2.05) is 53.7 Å². The number of carbonyl (C=O) groups is 3. The van der Waals surface area contributed by atoms with Crippen molar-refractivity contribution in [2.75, 3.05) is 11.5 Å². The highest BCUT2D eigenvalue weighted by molar-refractivity contribution is 7.16. The second kappa shape index (κ2) is 24.2. The van der Waals surface area contributed by atoms with Crippen LogP contribution in [0.5, 0.6) is 0 Å². The Labute approximate surface area is 431 Å². The molecule has 9 rings (SSSR count). The third-order valence-electron chi connectivity index (χ3n) is 13.0. The minimum absolute atomic E-state index is 0.0176. The van der Waals surface area contributed by atoms with Crippen molar-refractivity contribution in [1.29, 1.82) is 0 Å². The Balaban J connectivity index is 0.000000165. The molecule has 398 valence electrons. The summed E-state index contributed by atoms with van der Waals surface area (Å²) in [5.41, 5.74) is 11.8. The van der Waals surface area contributed by atoms with Gasteiger partial charge in [0.2, 0.25) is 18.2 Å². The lowest BCUT2D eigenvalue weighted by Crippen LogP contribution is -2.31. The van der Waals surface area contributed by atoms with Crippen LogP contribution in [0, 0.1) is 17.8 Å². The Morgan fingerprint density at radius 2 is 1.07 bits per heavy atom. The van der Waals surface area contributed by atoms with Crippen LogP contribution in [0.3, 0.4) is 0 Å². The fourth-order valence-electron chi connectivity index (χ4n) is 9.21. The Bertz CT molecular complexity index is 3160. The number of hydrogen-bond donors (Lipinski definition) is 5. The number of nitrogens with one attached hydrogen (secondary N) is 2. The molecular weight excluding hydrogens is 1000 g/mol. The van der Waals surface area contributed by atoms with Crippen LogP contribution in [0.25, 0.3) is 20.7 Å². The molecule has 0 bridgehead atoms. The largest absolute Gasteiger partial charge is 0.456 e. The number of nitrogens with two attached hydrogens (primary N) is 2. The first kappa shape index (κ1) is 55.2. The predicted molar refractivity (Wildman–Crippen MR) is 276 cm³/mol. The van der Waals surface area contributed by atoms with Crippen molar-refractivity contribution in [2.24, 2.45) is 17.8 Å². The average molecular weight is 1060 g/mol. The molecule has 24 heteroatoms. The molecule has 0 amide bonds. The normalized spacial score (nSPS) is 24.5. The topological polar surface area (TPSA) is 314 Å². The van der Waals surface area contributed by atoms with Gasteiger partial charge in [-0.3, -0.25) is 43.1 Å². The van der Waals surface area contributed by atoms with Crippen molar-refractivity contribution in [3.63, 3.8) is 0 Å². The van der Waals surface area contributed by atoms with E-state index in [-0.39, 0.29) is 96.4 Å². The van der Waals surface area contributed by atoms with E-state index in [0.717, 1.165) is 22.7 Å². The predicted octanol–water partition coefficient (Wildman–Crippen LogP) is 5.65. The van der Waals surface area contributed by atoms with Gasteiger partial charge < -0.3 is 45.0 Å². The van der Waals surface area contributed by atoms with E-state index in [4.69, 9.17) is 39.9 Å². The van der Waals surface area contributed by atoms with Crippen LogP contribution in [0.1, 0.15) is 120 Å². The highest BCUT2D eigenvalue weighted by Crippen LogP contribution is 2.39. The lowest BCUT2D eigenvalue weighted by atomic mass is 10.0. The van der Waals surface area contributed by atoms with E-state index < -0.39 is 48.0 Å². The maximum Gasteiger partial charge on any atom is 0.338 e. The van der Waals surface area contributed by atoms with Gasteiger partial charge in [0, 0.05) is 24.7 Å². The number of nitrogen functional groups attached to an aromatic ring is 2. The number of nitrogens with zero attached hydrogens (tertiary/aromatic N) is 4. The van der Waals surface area contributed by atoms with Gasteiger partial charge in [-0.05, 0) is 62.8 Å². The zero-order valence-electron chi connectivity index (χ0n) is 42.0. The number of aliphatic hydroxyl groups is 1. The first-order valence-corrected chi connectivity index (χ1v) is 26.1. The number of aromatic amines is 2. The average Bonchev–Trinajstić information content (AvgIpc) is 4.19. The maximum absolute atomic E-state index is 12.6. The quantitative estimate of drug-likeness (QED) is 0.0689. The summed E-state index contributed by atoms with van der Waals surface area (Å²) >= 11 is 1.63. The minimum atomic E-state index is -0.630. The second-order valence-electron chi connectivity index (χ2n) is 18.5. The molecule has 0 radical (unpaired) electrons. The standard InChI is InChI=1S/C20H22N4O5S.C17H22O5.C13H18N4O4S/c1-3-12(29-18(26)11-7-5-4-6-8-11)13-9-10(2)17(28-13)24-15-14(30-20(24)27)16(25)23-19(21)22-15;1-4-14(21-16(19)13-8-6-5-7-9-13)15-10-11(2)17(22-15)20-12(3)18;1-3-6(18)7-4-5(2)11(21-7)17-9-8(22-13(17)20)10(19)16-12(14)15-9/h4-8,10,12-13,17H,3,9H2,1-2H3,(H3,21,22,23,25);5-9,11,14-15,17H,4,10H2,1-3H3;5-7,11,18H,3-4H2,1-2H3,(H3,14,15,16,19)/t10-,12+,13+,17-;11-,14+,15+,17?;5-,6+,7+,11-/m111/s1. The summed E-state index contributed by atoms with van der Waals surface area (Å²) in [5.74, 6) is -1.21. The van der Waals surface area contributed by atoms with E-state index in [9.17, 15) is 38.7 Å².